The van der Waals surface area contributed by atoms with Crippen LogP contribution in [0.3, 0.4) is 0 Å². The largest absolute Gasteiger partial charge is 0.309 e. The van der Waals surface area contributed by atoms with Crippen LogP contribution in [0.25, 0.3) is 10.1 Å². The van der Waals surface area contributed by atoms with E-state index in [1.165, 1.54) is 22.4 Å². The van der Waals surface area contributed by atoms with Gasteiger partial charge in [-0.2, -0.15) is 0 Å². The van der Waals surface area contributed by atoms with Crippen LogP contribution in [0.4, 0.5) is 4.39 Å². The van der Waals surface area contributed by atoms with E-state index in [9.17, 15) is 4.39 Å². The summed E-state index contributed by atoms with van der Waals surface area (Å²) in [6, 6.07) is 7.65. The summed E-state index contributed by atoms with van der Waals surface area (Å²) in [5.74, 6) is 0.609. The Bertz CT molecular complexity index is 561. The first-order valence-corrected chi connectivity index (χ1v) is 8.84. The first-order valence-electron chi connectivity index (χ1n) is 8.02. The number of benzene rings is 1. The Kier molecular flexibility index (Phi) is 6.19. The molecule has 0 radical (unpaired) electrons. The van der Waals surface area contributed by atoms with Gasteiger partial charge in [0, 0.05) is 15.6 Å². The Hall–Kier alpha value is -0.930. The number of fused-ring (bicyclic) bond motifs is 1. The first kappa shape index (κ1) is 16.4. The lowest BCUT2D eigenvalue weighted by Gasteiger charge is -2.17. The highest BCUT2D eigenvalue weighted by Gasteiger charge is 2.14. The summed E-state index contributed by atoms with van der Waals surface area (Å²) < 4.78 is 14.5. The van der Waals surface area contributed by atoms with Crippen LogP contribution in [-0.2, 0) is 0 Å². The van der Waals surface area contributed by atoms with E-state index in [1.807, 2.05) is 6.07 Å². The molecule has 0 amide bonds. The van der Waals surface area contributed by atoms with Crippen LogP contribution >= 0.6 is 11.3 Å². The molecule has 0 saturated heterocycles. The molecule has 2 rings (SSSR count). The quantitative estimate of drug-likeness (QED) is 0.639. The number of hydrogen-bond donors (Lipinski definition) is 1. The van der Waals surface area contributed by atoms with Crippen molar-refractivity contribution in [3.63, 3.8) is 0 Å². The van der Waals surface area contributed by atoms with E-state index in [0.717, 1.165) is 30.7 Å². The van der Waals surface area contributed by atoms with Crippen LogP contribution < -0.4 is 5.32 Å². The second-order valence-electron chi connectivity index (χ2n) is 6.16. The van der Waals surface area contributed by atoms with E-state index in [1.54, 1.807) is 23.5 Å². The molecule has 21 heavy (non-hydrogen) atoms. The second-order valence-corrected chi connectivity index (χ2v) is 7.28. The Morgan fingerprint density at radius 1 is 1.19 bits per heavy atom. The Balaban J connectivity index is 2.12. The van der Waals surface area contributed by atoms with Gasteiger partial charge in [-0.15, -0.1) is 11.3 Å². The molecular formula is C18H26FNS. The molecule has 116 valence electrons. The summed E-state index contributed by atoms with van der Waals surface area (Å²) in [4.78, 5) is 1.34. The van der Waals surface area contributed by atoms with Gasteiger partial charge in [-0.1, -0.05) is 33.6 Å². The average molecular weight is 307 g/mol. The van der Waals surface area contributed by atoms with Crippen LogP contribution in [-0.4, -0.2) is 6.54 Å². The standard InChI is InChI=1S/C18H26FNS/c1-4-10-20-16(7-5-6-13(2)3)18-12-14-11-15(19)8-9-17(14)21-18/h8-9,11-13,16,20H,4-7,10H2,1-3H3. The zero-order valence-corrected chi connectivity index (χ0v) is 14.1. The molecule has 1 aromatic heterocycles. The minimum atomic E-state index is -0.148. The van der Waals surface area contributed by atoms with E-state index in [0.29, 0.717) is 6.04 Å². The molecule has 1 unspecified atom stereocenters. The summed E-state index contributed by atoms with van der Waals surface area (Å²) in [5, 5.41) is 4.68. The topological polar surface area (TPSA) is 12.0 Å². The van der Waals surface area contributed by atoms with Crippen molar-refractivity contribution >= 4 is 21.4 Å². The van der Waals surface area contributed by atoms with Gasteiger partial charge in [0.1, 0.15) is 5.82 Å². The molecule has 1 aromatic carbocycles. The molecule has 0 spiro atoms. The minimum absolute atomic E-state index is 0.148. The van der Waals surface area contributed by atoms with Gasteiger partial charge in [0.25, 0.3) is 0 Å². The predicted octanol–water partition coefficient (Wildman–Crippen LogP) is 5.91. The van der Waals surface area contributed by atoms with Gasteiger partial charge in [-0.25, -0.2) is 4.39 Å². The number of nitrogens with one attached hydrogen (secondary N) is 1. The van der Waals surface area contributed by atoms with Crippen LogP contribution in [0.15, 0.2) is 24.3 Å². The second kappa shape index (κ2) is 7.90. The third-order valence-corrected chi connectivity index (χ3v) is 4.99. The van der Waals surface area contributed by atoms with Crippen molar-refractivity contribution in [2.45, 2.75) is 52.5 Å². The molecule has 3 heteroatoms. The fourth-order valence-corrected chi connectivity index (χ4v) is 3.76. The van der Waals surface area contributed by atoms with Gasteiger partial charge >= 0.3 is 0 Å². The van der Waals surface area contributed by atoms with Crippen LogP contribution in [0, 0.1) is 11.7 Å². The molecule has 0 bridgehead atoms. The molecule has 1 nitrogen and oxygen atoms in total. The number of halogens is 1. The van der Waals surface area contributed by atoms with Crippen LogP contribution in [0.1, 0.15) is 57.4 Å². The summed E-state index contributed by atoms with van der Waals surface area (Å²) in [6.07, 6.45) is 4.80. The van der Waals surface area contributed by atoms with E-state index < -0.39 is 0 Å². The maximum Gasteiger partial charge on any atom is 0.123 e. The fraction of sp³-hybridized carbons (Fsp3) is 0.556. The summed E-state index contributed by atoms with van der Waals surface area (Å²) >= 11 is 1.79. The summed E-state index contributed by atoms with van der Waals surface area (Å²) in [6.45, 7) is 7.78. The SMILES string of the molecule is CCCNC(CCCC(C)C)c1cc2cc(F)ccc2s1. The molecule has 0 aliphatic rings. The van der Waals surface area contributed by atoms with Gasteiger partial charge in [0.15, 0.2) is 0 Å². The number of thiophene rings is 1. The molecule has 2 aromatic rings. The summed E-state index contributed by atoms with van der Waals surface area (Å²) in [5.41, 5.74) is 0. The Labute approximate surface area is 131 Å². The maximum atomic E-state index is 13.3. The van der Waals surface area contributed by atoms with Crippen molar-refractivity contribution < 1.29 is 4.39 Å². The monoisotopic (exact) mass is 307 g/mol. The van der Waals surface area contributed by atoms with Gasteiger partial charge in [-0.3, -0.25) is 0 Å². The van der Waals surface area contributed by atoms with Crippen molar-refractivity contribution in [2.24, 2.45) is 5.92 Å². The van der Waals surface area contributed by atoms with Crippen molar-refractivity contribution in [3.05, 3.63) is 35.0 Å². The van der Waals surface area contributed by atoms with Crippen LogP contribution in [0.2, 0.25) is 0 Å². The molecule has 0 saturated carbocycles. The minimum Gasteiger partial charge on any atom is -0.309 e. The van der Waals surface area contributed by atoms with Crippen molar-refractivity contribution in [1.82, 2.24) is 5.32 Å². The lowest BCUT2D eigenvalue weighted by molar-refractivity contribution is 0.452. The molecule has 0 fully saturated rings. The molecule has 1 atom stereocenters. The molecule has 0 aliphatic carbocycles. The molecule has 0 aliphatic heterocycles. The van der Waals surface area contributed by atoms with E-state index in [2.05, 4.69) is 32.2 Å². The normalized spacial score (nSPS) is 13.2. The van der Waals surface area contributed by atoms with Crippen molar-refractivity contribution in [2.75, 3.05) is 6.54 Å². The molecule has 1 heterocycles. The highest BCUT2D eigenvalue weighted by atomic mass is 32.1. The maximum absolute atomic E-state index is 13.3. The van der Waals surface area contributed by atoms with Crippen molar-refractivity contribution in [3.8, 4) is 0 Å². The van der Waals surface area contributed by atoms with Crippen LogP contribution in [0.5, 0.6) is 0 Å². The summed E-state index contributed by atoms with van der Waals surface area (Å²) in [7, 11) is 0. The lowest BCUT2D eigenvalue weighted by atomic mass is 10.0. The molecule has 1 N–H and O–H groups in total. The first-order chi connectivity index (χ1) is 10.1. The fourth-order valence-electron chi connectivity index (χ4n) is 2.60. The van der Waals surface area contributed by atoms with E-state index >= 15 is 0 Å². The number of rotatable bonds is 8. The van der Waals surface area contributed by atoms with Crippen molar-refractivity contribution in [1.29, 1.82) is 0 Å². The Morgan fingerprint density at radius 3 is 2.71 bits per heavy atom. The third-order valence-electron chi connectivity index (χ3n) is 3.76. The lowest BCUT2D eigenvalue weighted by Crippen LogP contribution is -2.21. The van der Waals surface area contributed by atoms with E-state index in [4.69, 9.17) is 0 Å². The van der Waals surface area contributed by atoms with Gasteiger partial charge in [0.2, 0.25) is 0 Å². The zero-order chi connectivity index (χ0) is 15.2. The van der Waals surface area contributed by atoms with Gasteiger partial charge in [-0.05, 0) is 55.0 Å². The average Bonchev–Trinajstić information content (AvgIpc) is 2.84. The van der Waals surface area contributed by atoms with Gasteiger partial charge < -0.3 is 5.32 Å². The number of hydrogen-bond acceptors (Lipinski definition) is 2. The predicted molar refractivity (Wildman–Crippen MR) is 91.5 cm³/mol. The Morgan fingerprint density at radius 2 is 2.00 bits per heavy atom. The smallest absolute Gasteiger partial charge is 0.123 e. The third kappa shape index (κ3) is 4.79. The van der Waals surface area contributed by atoms with Gasteiger partial charge in [0.05, 0.1) is 0 Å². The molecular weight excluding hydrogens is 281 g/mol. The highest BCUT2D eigenvalue weighted by molar-refractivity contribution is 7.19. The van der Waals surface area contributed by atoms with E-state index in [-0.39, 0.29) is 5.82 Å². The zero-order valence-electron chi connectivity index (χ0n) is 13.3. The highest BCUT2D eigenvalue weighted by Crippen LogP contribution is 2.32.